The molecule has 0 bridgehead atoms. The third kappa shape index (κ3) is 2.11. The summed E-state index contributed by atoms with van der Waals surface area (Å²) in [5.41, 5.74) is 0.764. The molecule has 2 rings (SSSR count). The molecule has 1 fully saturated rings. The lowest BCUT2D eigenvalue weighted by Crippen LogP contribution is -2.15. The van der Waals surface area contributed by atoms with Crippen molar-refractivity contribution in [2.45, 2.75) is 18.2 Å². The Morgan fingerprint density at radius 1 is 1.20 bits per heavy atom. The summed E-state index contributed by atoms with van der Waals surface area (Å²) in [5, 5.41) is 0. The number of benzene rings is 1. The van der Waals surface area contributed by atoms with Gasteiger partial charge in [0.25, 0.3) is 0 Å². The molecule has 0 spiro atoms. The van der Waals surface area contributed by atoms with Crippen LogP contribution in [-0.2, 0) is 0 Å². The molecule has 0 aliphatic heterocycles. The minimum Gasteiger partial charge on any atom is -0.497 e. The smallest absolute Gasteiger partial charge is 0.481 e. The Morgan fingerprint density at radius 3 is 2.20 bits per heavy atom. The predicted molar refractivity (Wildman–Crippen MR) is 53.2 cm³/mol. The highest BCUT2D eigenvalue weighted by Gasteiger charge is 2.51. The number of hydrogen-bond acceptors (Lipinski definition) is 1. The van der Waals surface area contributed by atoms with Gasteiger partial charge in [-0.3, -0.25) is 0 Å². The Hall–Kier alpha value is -1.13. The number of ether oxygens (including phenoxy) is 1. The molecule has 0 aromatic heterocycles. The highest BCUT2D eigenvalue weighted by atomic mass is 19.4. The molecule has 1 aliphatic carbocycles. The van der Waals surface area contributed by atoms with Gasteiger partial charge in [0, 0.05) is 0 Å². The normalized spacial score (nSPS) is 25.1. The molecule has 1 nitrogen and oxygen atoms in total. The van der Waals surface area contributed by atoms with E-state index in [0.29, 0.717) is 5.75 Å². The van der Waals surface area contributed by atoms with E-state index < -0.39 is 12.8 Å². The molecule has 0 unspecified atom stereocenters. The van der Waals surface area contributed by atoms with E-state index in [-0.39, 0.29) is 12.3 Å². The first-order valence-electron chi connectivity index (χ1n) is 4.86. The molecule has 5 heteroatoms. The summed E-state index contributed by atoms with van der Waals surface area (Å²) in [6.07, 6.45) is 0.246. The number of methoxy groups -OCH3 is 1. The molecular formula is C10H11BF3O-. The van der Waals surface area contributed by atoms with Gasteiger partial charge in [-0.25, -0.2) is 0 Å². The zero-order valence-corrected chi connectivity index (χ0v) is 8.29. The average molecular weight is 215 g/mol. The van der Waals surface area contributed by atoms with Crippen LogP contribution >= 0.6 is 0 Å². The van der Waals surface area contributed by atoms with E-state index in [0.717, 1.165) is 5.56 Å². The van der Waals surface area contributed by atoms with Crippen LogP contribution in [-0.4, -0.2) is 14.1 Å². The van der Waals surface area contributed by atoms with Crippen molar-refractivity contribution < 1.29 is 17.7 Å². The predicted octanol–water partition coefficient (Wildman–Crippen LogP) is 3.40. The largest absolute Gasteiger partial charge is 0.497 e. The van der Waals surface area contributed by atoms with E-state index in [1.807, 2.05) is 0 Å². The summed E-state index contributed by atoms with van der Waals surface area (Å²) < 4.78 is 42.0. The third-order valence-electron chi connectivity index (χ3n) is 2.87. The SMILES string of the molecule is COc1ccc([C@@H]2C[C@H]2[B-](F)(F)F)cc1. The molecule has 2 atom stereocenters. The standard InChI is InChI=1S/C10H11BF3O/c1-15-8-4-2-7(3-5-8)9-6-10(9)11(12,13)14/h2-5,9-10H,6H2,1H3/q-1/t9-,10+/m0/s1. The van der Waals surface area contributed by atoms with Crippen LogP contribution < -0.4 is 4.74 Å². The number of rotatable bonds is 3. The van der Waals surface area contributed by atoms with Gasteiger partial charge in [-0.1, -0.05) is 24.4 Å². The van der Waals surface area contributed by atoms with Crippen molar-refractivity contribution in [3.8, 4) is 5.75 Å². The van der Waals surface area contributed by atoms with Crippen LogP contribution in [0.2, 0.25) is 5.82 Å². The van der Waals surface area contributed by atoms with Crippen molar-refractivity contribution in [1.29, 1.82) is 0 Å². The maximum atomic E-state index is 12.4. The minimum atomic E-state index is -4.67. The van der Waals surface area contributed by atoms with Gasteiger partial charge in [-0.15, -0.1) is 0 Å². The Kier molecular flexibility index (Phi) is 2.40. The minimum absolute atomic E-state index is 0.246. The van der Waals surface area contributed by atoms with E-state index in [1.54, 1.807) is 24.3 Å². The van der Waals surface area contributed by atoms with Gasteiger partial charge in [0.05, 0.1) is 7.11 Å². The fraction of sp³-hybridized carbons (Fsp3) is 0.400. The second kappa shape index (κ2) is 3.47. The molecule has 0 amide bonds. The van der Waals surface area contributed by atoms with E-state index >= 15 is 0 Å². The Bertz CT molecular complexity index is 347. The first-order chi connectivity index (χ1) is 7.02. The fourth-order valence-electron chi connectivity index (χ4n) is 1.87. The van der Waals surface area contributed by atoms with Gasteiger partial charge in [-0.2, -0.15) is 0 Å². The maximum Gasteiger partial charge on any atom is 0.481 e. The van der Waals surface area contributed by atoms with Crippen molar-refractivity contribution in [2.24, 2.45) is 0 Å². The van der Waals surface area contributed by atoms with Gasteiger partial charge >= 0.3 is 6.98 Å². The summed E-state index contributed by atoms with van der Waals surface area (Å²) in [7, 11) is 1.54. The molecule has 0 radical (unpaired) electrons. The van der Waals surface area contributed by atoms with Crippen LogP contribution in [0.4, 0.5) is 12.9 Å². The second-order valence-electron chi connectivity index (χ2n) is 3.90. The summed E-state index contributed by atoms with van der Waals surface area (Å²) >= 11 is 0. The molecule has 1 aliphatic rings. The lowest BCUT2D eigenvalue weighted by atomic mass is 9.81. The van der Waals surface area contributed by atoms with Crippen molar-refractivity contribution in [1.82, 2.24) is 0 Å². The molecule has 82 valence electrons. The van der Waals surface area contributed by atoms with E-state index in [1.165, 1.54) is 7.11 Å². The Labute approximate surface area is 86.3 Å². The van der Waals surface area contributed by atoms with E-state index in [4.69, 9.17) is 4.74 Å². The zero-order chi connectivity index (χ0) is 11.1. The molecular weight excluding hydrogens is 204 g/mol. The summed E-state index contributed by atoms with van der Waals surface area (Å²) in [6.45, 7) is -4.67. The van der Waals surface area contributed by atoms with Crippen molar-refractivity contribution in [3.05, 3.63) is 29.8 Å². The molecule has 1 aromatic carbocycles. The average Bonchev–Trinajstić information content (AvgIpc) is 2.97. The highest BCUT2D eigenvalue weighted by Crippen LogP contribution is 2.59. The van der Waals surface area contributed by atoms with Gasteiger partial charge < -0.3 is 17.7 Å². The topological polar surface area (TPSA) is 9.23 Å². The van der Waals surface area contributed by atoms with Crippen LogP contribution in [0.5, 0.6) is 5.75 Å². The van der Waals surface area contributed by atoms with Crippen molar-refractivity contribution in [2.75, 3.05) is 7.11 Å². The lowest BCUT2D eigenvalue weighted by molar-refractivity contribution is 0.414. The van der Waals surface area contributed by atoms with Crippen LogP contribution in [0.25, 0.3) is 0 Å². The monoisotopic (exact) mass is 215 g/mol. The maximum absolute atomic E-state index is 12.4. The lowest BCUT2D eigenvalue weighted by Gasteiger charge is -2.12. The molecule has 0 saturated heterocycles. The van der Waals surface area contributed by atoms with Crippen LogP contribution in [0, 0.1) is 0 Å². The van der Waals surface area contributed by atoms with Gasteiger partial charge in [0.2, 0.25) is 0 Å². The number of halogens is 3. The number of hydrogen-bond donors (Lipinski definition) is 0. The first-order valence-corrected chi connectivity index (χ1v) is 4.86. The van der Waals surface area contributed by atoms with Crippen molar-refractivity contribution in [3.63, 3.8) is 0 Å². The molecule has 0 heterocycles. The highest BCUT2D eigenvalue weighted by molar-refractivity contribution is 6.61. The van der Waals surface area contributed by atoms with Crippen LogP contribution in [0.1, 0.15) is 17.9 Å². The van der Waals surface area contributed by atoms with E-state index in [2.05, 4.69) is 0 Å². The summed E-state index contributed by atoms with van der Waals surface area (Å²) in [5.74, 6) is -0.734. The molecule has 1 aromatic rings. The van der Waals surface area contributed by atoms with E-state index in [9.17, 15) is 12.9 Å². The quantitative estimate of drug-likeness (QED) is 0.702. The van der Waals surface area contributed by atoms with Crippen molar-refractivity contribution >= 4 is 6.98 Å². The summed E-state index contributed by atoms with van der Waals surface area (Å²) in [6, 6.07) is 6.83. The van der Waals surface area contributed by atoms with Crippen LogP contribution in [0.15, 0.2) is 24.3 Å². The summed E-state index contributed by atoms with van der Waals surface area (Å²) in [4.78, 5) is 0. The Morgan fingerprint density at radius 2 is 1.80 bits per heavy atom. The first kappa shape index (κ1) is 10.4. The molecule has 0 N–H and O–H groups in total. The Balaban J connectivity index is 2.07. The van der Waals surface area contributed by atoms with Gasteiger partial charge in [0.1, 0.15) is 5.75 Å². The zero-order valence-electron chi connectivity index (χ0n) is 8.29. The fourth-order valence-corrected chi connectivity index (χ4v) is 1.87. The van der Waals surface area contributed by atoms with Gasteiger partial charge in [0.15, 0.2) is 0 Å². The van der Waals surface area contributed by atoms with Gasteiger partial charge in [-0.05, 0) is 23.6 Å². The second-order valence-corrected chi connectivity index (χ2v) is 3.90. The molecule has 1 saturated carbocycles. The third-order valence-corrected chi connectivity index (χ3v) is 2.87. The van der Waals surface area contributed by atoms with Crippen LogP contribution in [0.3, 0.4) is 0 Å². The molecule has 15 heavy (non-hydrogen) atoms.